The van der Waals surface area contributed by atoms with Gasteiger partial charge in [0.2, 0.25) is 11.8 Å². The molecule has 5 heteroatoms. The number of nitrogens with zero attached hydrogens (tertiary/aromatic N) is 1. The number of amides is 2. The third kappa shape index (κ3) is 5.21. The van der Waals surface area contributed by atoms with E-state index >= 15 is 0 Å². The molecular formula is C11H20N2O2S. The molecule has 1 N–H and O–H groups in total. The second kappa shape index (κ2) is 7.33. The summed E-state index contributed by atoms with van der Waals surface area (Å²) in [5, 5.41) is 2.58. The first kappa shape index (κ1) is 15.0. The Hall–Kier alpha value is -0.970. The van der Waals surface area contributed by atoms with Crippen LogP contribution in [0.25, 0.3) is 0 Å². The van der Waals surface area contributed by atoms with Crippen LogP contribution in [0.5, 0.6) is 0 Å². The Morgan fingerprint density at radius 1 is 1.44 bits per heavy atom. The average Bonchev–Trinajstić information content (AvgIpc) is 2.20. The number of carbonyl (C=O) groups excluding carboxylic acids is 2. The highest BCUT2D eigenvalue weighted by atomic mass is 32.1. The van der Waals surface area contributed by atoms with Crippen molar-refractivity contribution in [2.45, 2.75) is 26.8 Å². The molecular weight excluding hydrogens is 224 g/mol. The summed E-state index contributed by atoms with van der Waals surface area (Å²) in [6.07, 6.45) is 0. The summed E-state index contributed by atoms with van der Waals surface area (Å²) in [6, 6.07) is -0.555. The molecule has 4 nitrogen and oxygen atoms in total. The molecule has 92 valence electrons. The molecule has 0 aliphatic heterocycles. The standard InChI is InChI=1S/C11H20N2O2S/c1-5-13(6-8(2)3)11(15)10(7-16)12-9(4)14/h10,16H,2,5-7H2,1,3-4H3,(H,12,14). The van der Waals surface area contributed by atoms with Crippen molar-refractivity contribution < 1.29 is 9.59 Å². The SMILES string of the molecule is C=C(C)CN(CC)C(=O)C(CS)NC(C)=O. The maximum absolute atomic E-state index is 12.0. The average molecular weight is 244 g/mol. The van der Waals surface area contributed by atoms with Gasteiger partial charge in [-0.3, -0.25) is 9.59 Å². The van der Waals surface area contributed by atoms with Crippen LogP contribution in [0.4, 0.5) is 0 Å². The molecule has 0 radical (unpaired) electrons. The molecule has 0 fully saturated rings. The van der Waals surface area contributed by atoms with Crippen molar-refractivity contribution in [1.82, 2.24) is 10.2 Å². The first-order valence-electron chi connectivity index (χ1n) is 5.23. The van der Waals surface area contributed by atoms with Gasteiger partial charge in [0.05, 0.1) is 0 Å². The van der Waals surface area contributed by atoms with Crippen LogP contribution >= 0.6 is 12.6 Å². The van der Waals surface area contributed by atoms with Gasteiger partial charge in [0.15, 0.2) is 0 Å². The monoisotopic (exact) mass is 244 g/mol. The third-order valence-electron chi connectivity index (χ3n) is 2.01. The molecule has 0 aromatic carbocycles. The number of thiol groups is 1. The zero-order valence-corrected chi connectivity index (χ0v) is 11.0. The Kier molecular flexibility index (Phi) is 6.88. The van der Waals surface area contributed by atoms with Gasteiger partial charge in [0.25, 0.3) is 0 Å². The van der Waals surface area contributed by atoms with E-state index in [1.54, 1.807) is 4.90 Å². The van der Waals surface area contributed by atoms with Gasteiger partial charge in [-0.15, -0.1) is 0 Å². The normalized spacial score (nSPS) is 11.8. The Balaban J connectivity index is 4.56. The van der Waals surface area contributed by atoms with E-state index in [9.17, 15) is 9.59 Å². The molecule has 0 heterocycles. The second-order valence-electron chi connectivity index (χ2n) is 3.75. The predicted molar refractivity (Wildman–Crippen MR) is 68.5 cm³/mol. The predicted octanol–water partition coefficient (Wildman–Crippen LogP) is 0.846. The quantitative estimate of drug-likeness (QED) is 0.537. The molecule has 2 amide bonds. The van der Waals surface area contributed by atoms with Crippen LogP contribution < -0.4 is 5.32 Å². The first-order chi connectivity index (χ1) is 7.42. The Bertz CT molecular complexity index is 253. The van der Waals surface area contributed by atoms with E-state index in [1.807, 2.05) is 13.8 Å². The minimum absolute atomic E-state index is 0.115. The fraction of sp³-hybridized carbons (Fsp3) is 0.636. The van der Waals surface area contributed by atoms with Crippen LogP contribution in [0.2, 0.25) is 0 Å². The van der Waals surface area contributed by atoms with Gasteiger partial charge in [0.1, 0.15) is 6.04 Å². The molecule has 16 heavy (non-hydrogen) atoms. The van der Waals surface area contributed by atoms with Crippen LogP contribution in [-0.4, -0.2) is 41.6 Å². The maximum Gasteiger partial charge on any atom is 0.246 e. The van der Waals surface area contributed by atoms with Gasteiger partial charge in [-0.1, -0.05) is 12.2 Å². The molecule has 0 aromatic heterocycles. The van der Waals surface area contributed by atoms with E-state index in [2.05, 4.69) is 24.5 Å². The van der Waals surface area contributed by atoms with Crippen molar-refractivity contribution in [2.24, 2.45) is 0 Å². The van der Waals surface area contributed by atoms with Crippen LogP contribution in [0, 0.1) is 0 Å². The van der Waals surface area contributed by atoms with Crippen molar-refractivity contribution >= 4 is 24.4 Å². The molecule has 0 aliphatic carbocycles. The van der Waals surface area contributed by atoms with Crippen molar-refractivity contribution in [1.29, 1.82) is 0 Å². The zero-order chi connectivity index (χ0) is 12.7. The molecule has 0 spiro atoms. The lowest BCUT2D eigenvalue weighted by atomic mass is 10.2. The highest BCUT2D eigenvalue weighted by molar-refractivity contribution is 7.80. The minimum atomic E-state index is -0.555. The number of rotatable bonds is 6. The van der Waals surface area contributed by atoms with Crippen LogP contribution in [0.1, 0.15) is 20.8 Å². The highest BCUT2D eigenvalue weighted by Crippen LogP contribution is 2.01. The van der Waals surface area contributed by atoms with E-state index in [1.165, 1.54) is 6.92 Å². The van der Waals surface area contributed by atoms with Crippen LogP contribution in [-0.2, 0) is 9.59 Å². The molecule has 0 rings (SSSR count). The molecule has 0 bridgehead atoms. The van der Waals surface area contributed by atoms with Crippen LogP contribution in [0.3, 0.4) is 0 Å². The lowest BCUT2D eigenvalue weighted by Gasteiger charge is -2.25. The molecule has 0 saturated heterocycles. The van der Waals surface area contributed by atoms with E-state index in [-0.39, 0.29) is 11.8 Å². The smallest absolute Gasteiger partial charge is 0.246 e. The number of nitrogens with one attached hydrogen (secondary N) is 1. The van der Waals surface area contributed by atoms with Gasteiger partial charge in [0, 0.05) is 25.8 Å². The number of carbonyl (C=O) groups is 2. The van der Waals surface area contributed by atoms with E-state index in [0.29, 0.717) is 18.8 Å². The molecule has 0 aromatic rings. The lowest BCUT2D eigenvalue weighted by Crippen LogP contribution is -2.49. The maximum atomic E-state index is 12.0. The van der Waals surface area contributed by atoms with E-state index in [4.69, 9.17) is 0 Å². The third-order valence-corrected chi connectivity index (χ3v) is 2.38. The topological polar surface area (TPSA) is 49.4 Å². The summed E-state index contributed by atoms with van der Waals surface area (Å²) in [6.45, 7) is 10.0. The molecule has 0 saturated carbocycles. The van der Waals surface area contributed by atoms with Crippen molar-refractivity contribution in [3.63, 3.8) is 0 Å². The zero-order valence-electron chi connectivity index (χ0n) is 10.1. The summed E-state index contributed by atoms with van der Waals surface area (Å²) < 4.78 is 0. The van der Waals surface area contributed by atoms with Crippen molar-refractivity contribution in [3.05, 3.63) is 12.2 Å². The summed E-state index contributed by atoms with van der Waals surface area (Å²) in [7, 11) is 0. The number of likely N-dealkylation sites (N-methyl/N-ethyl adjacent to an activating group) is 1. The van der Waals surface area contributed by atoms with Gasteiger partial charge in [-0.2, -0.15) is 12.6 Å². The Morgan fingerprint density at radius 3 is 2.31 bits per heavy atom. The second-order valence-corrected chi connectivity index (χ2v) is 4.11. The summed E-state index contributed by atoms with van der Waals surface area (Å²) >= 11 is 4.07. The first-order valence-corrected chi connectivity index (χ1v) is 5.86. The van der Waals surface area contributed by atoms with Crippen molar-refractivity contribution in [3.8, 4) is 0 Å². The minimum Gasteiger partial charge on any atom is -0.344 e. The van der Waals surface area contributed by atoms with Gasteiger partial charge in [-0.05, 0) is 13.8 Å². The number of hydrogen-bond acceptors (Lipinski definition) is 3. The van der Waals surface area contributed by atoms with Gasteiger partial charge >= 0.3 is 0 Å². The highest BCUT2D eigenvalue weighted by Gasteiger charge is 2.22. The molecule has 1 unspecified atom stereocenters. The summed E-state index contributed by atoms with van der Waals surface area (Å²) in [4.78, 5) is 24.6. The Morgan fingerprint density at radius 2 is 2.00 bits per heavy atom. The van der Waals surface area contributed by atoms with E-state index < -0.39 is 6.04 Å². The Labute approximate surface area is 102 Å². The largest absolute Gasteiger partial charge is 0.344 e. The molecule has 0 aliphatic rings. The fourth-order valence-electron chi connectivity index (χ4n) is 1.32. The molecule has 1 atom stereocenters. The van der Waals surface area contributed by atoms with Gasteiger partial charge in [-0.25, -0.2) is 0 Å². The van der Waals surface area contributed by atoms with E-state index in [0.717, 1.165) is 5.57 Å². The van der Waals surface area contributed by atoms with Crippen molar-refractivity contribution in [2.75, 3.05) is 18.8 Å². The van der Waals surface area contributed by atoms with Gasteiger partial charge < -0.3 is 10.2 Å². The summed E-state index contributed by atoms with van der Waals surface area (Å²) in [5.74, 6) is -0.0417. The summed E-state index contributed by atoms with van der Waals surface area (Å²) in [5.41, 5.74) is 0.913. The van der Waals surface area contributed by atoms with Crippen LogP contribution in [0.15, 0.2) is 12.2 Å². The number of hydrogen-bond donors (Lipinski definition) is 2. The lowest BCUT2D eigenvalue weighted by molar-refractivity contribution is -0.134. The fourth-order valence-corrected chi connectivity index (χ4v) is 1.57.